The number of hydrogen-bond donors (Lipinski definition) is 0. The second-order valence-electron chi connectivity index (χ2n) is 1.85. The summed E-state index contributed by atoms with van der Waals surface area (Å²) in [6.45, 7) is 0. The largest absolute Gasteiger partial charge is 0.540 e. The van der Waals surface area contributed by atoms with Crippen LogP contribution in [0, 0.1) is 0 Å². The van der Waals surface area contributed by atoms with Crippen LogP contribution in [0.1, 0.15) is 0 Å². The molecule has 0 heterocycles. The Morgan fingerprint density at radius 1 is 1.18 bits per heavy atom. The van der Waals surface area contributed by atoms with Crippen LogP contribution in [-0.4, -0.2) is 19.3 Å². The molecule has 0 nitrogen and oxygen atoms in total. The highest BCUT2D eigenvalue weighted by molar-refractivity contribution is 7.02. The van der Waals surface area contributed by atoms with Crippen molar-refractivity contribution in [3.63, 3.8) is 0 Å². The lowest BCUT2D eigenvalue weighted by Gasteiger charge is -1.99. The molecule has 0 fully saturated rings. The van der Waals surface area contributed by atoms with Crippen molar-refractivity contribution in [2.45, 2.75) is 0 Å². The Kier molecular flexibility index (Phi) is 6.33. The van der Waals surface area contributed by atoms with Gasteiger partial charge in [-0.05, 0) is 6.07 Å². The van der Waals surface area contributed by atoms with Crippen molar-refractivity contribution >= 4 is 67.6 Å². The van der Waals surface area contributed by atoms with Crippen LogP contribution < -0.4 is 3.69 Å². The van der Waals surface area contributed by atoms with E-state index in [1.807, 2.05) is 12.1 Å². The third kappa shape index (κ3) is 3.17. The first-order valence-electron chi connectivity index (χ1n) is 2.74. The van der Waals surface area contributed by atoms with Gasteiger partial charge in [0, 0.05) is 5.02 Å². The minimum atomic E-state index is -0.703. The molecule has 0 unspecified atom stereocenters. The number of benzene rings is 1. The lowest BCUT2D eigenvalue weighted by atomic mass is 10.4. The van der Waals surface area contributed by atoms with Gasteiger partial charge in [0.25, 0.3) is 0 Å². The van der Waals surface area contributed by atoms with Crippen molar-refractivity contribution in [1.29, 1.82) is 0 Å². The van der Waals surface area contributed by atoms with Crippen molar-refractivity contribution in [1.82, 2.24) is 0 Å². The van der Waals surface area contributed by atoms with E-state index in [-0.39, 0.29) is 12.4 Å². The highest BCUT2D eigenvalue weighted by Gasteiger charge is 2.03. The van der Waals surface area contributed by atoms with Crippen LogP contribution in [0.3, 0.4) is 0 Å². The van der Waals surface area contributed by atoms with E-state index in [1.54, 1.807) is 6.07 Å². The third-order valence-electron chi connectivity index (χ3n) is 1.18. The molecule has 0 atom stereocenters. The van der Waals surface area contributed by atoms with Gasteiger partial charge in [-0.2, -0.15) is 0 Å². The van der Waals surface area contributed by atoms with Crippen LogP contribution in [0.4, 0.5) is 0 Å². The van der Waals surface area contributed by atoms with E-state index in [1.165, 1.54) is 0 Å². The molecule has 1 rings (SSSR count). The molecule has 0 aliphatic rings. The summed E-state index contributed by atoms with van der Waals surface area (Å²) in [5.74, 6) is 0. The SMILES string of the molecule is Cl.[Cl][Mg][c]1cccc(Cl)c1Cl. The molecular weight excluding hydrogens is 238 g/mol. The van der Waals surface area contributed by atoms with Gasteiger partial charge in [-0.15, -0.1) is 16.1 Å². The van der Waals surface area contributed by atoms with Crippen LogP contribution in [0.25, 0.3) is 0 Å². The molecule has 0 aliphatic heterocycles. The molecule has 58 valence electrons. The van der Waals surface area contributed by atoms with Crippen LogP contribution in [0.2, 0.25) is 10.0 Å². The summed E-state index contributed by atoms with van der Waals surface area (Å²) < 4.78 is 1.01. The summed E-state index contributed by atoms with van der Waals surface area (Å²) in [5.41, 5.74) is 0. The van der Waals surface area contributed by atoms with Gasteiger partial charge >= 0.3 is 19.3 Å². The van der Waals surface area contributed by atoms with Crippen LogP contribution in [-0.2, 0) is 0 Å². The summed E-state index contributed by atoms with van der Waals surface area (Å²) in [6.07, 6.45) is 0. The molecule has 0 aliphatic carbocycles. The van der Waals surface area contributed by atoms with Crippen LogP contribution >= 0.6 is 44.7 Å². The number of halogens is 4. The van der Waals surface area contributed by atoms with Gasteiger partial charge < -0.3 is 9.07 Å². The average Bonchev–Trinajstić information content (AvgIpc) is 1.95. The number of rotatable bonds is 1. The molecule has 0 saturated carbocycles. The molecule has 0 N–H and O–H groups in total. The Morgan fingerprint density at radius 3 is 2.27 bits per heavy atom. The normalized spacial score (nSPS) is 8.27. The lowest BCUT2D eigenvalue weighted by Crippen LogP contribution is -2.09. The second-order valence-corrected chi connectivity index (χ2v) is 4.46. The molecule has 0 radical (unpaired) electrons. The fourth-order valence-electron chi connectivity index (χ4n) is 0.652. The van der Waals surface area contributed by atoms with Gasteiger partial charge in [0.2, 0.25) is 0 Å². The van der Waals surface area contributed by atoms with Crippen molar-refractivity contribution in [2.24, 2.45) is 0 Å². The molecule has 11 heavy (non-hydrogen) atoms. The van der Waals surface area contributed by atoms with E-state index in [0.29, 0.717) is 10.0 Å². The molecule has 1 aromatic rings. The molecule has 0 amide bonds. The predicted molar refractivity (Wildman–Crippen MR) is 55.0 cm³/mol. The first-order chi connectivity index (χ1) is 4.75. The first-order valence-corrected chi connectivity index (χ1v) is 6.34. The highest BCUT2D eigenvalue weighted by Crippen LogP contribution is 2.18. The van der Waals surface area contributed by atoms with Crippen molar-refractivity contribution in [3.8, 4) is 0 Å². The number of hydrogen-bond acceptors (Lipinski definition) is 0. The summed E-state index contributed by atoms with van der Waals surface area (Å²) in [6, 6.07) is 5.53. The molecular formula is C6H4Cl4Mg. The van der Waals surface area contributed by atoms with Gasteiger partial charge in [0.15, 0.2) is 0 Å². The summed E-state index contributed by atoms with van der Waals surface area (Å²) in [7, 11) is 5.70. The third-order valence-corrected chi connectivity index (χ3v) is 4.00. The zero-order chi connectivity index (χ0) is 7.56. The van der Waals surface area contributed by atoms with Crippen molar-refractivity contribution < 1.29 is 0 Å². The predicted octanol–water partition coefficient (Wildman–Crippen LogP) is 2.90. The Hall–Kier alpha value is 1.15. The quantitative estimate of drug-likeness (QED) is 0.664. The van der Waals surface area contributed by atoms with Gasteiger partial charge in [-0.25, -0.2) is 0 Å². The minimum Gasteiger partial charge on any atom is -0.336 e. The molecule has 0 bridgehead atoms. The van der Waals surface area contributed by atoms with Gasteiger partial charge in [0.1, 0.15) is 0 Å². The minimum absolute atomic E-state index is 0. The molecule has 5 heteroatoms. The van der Waals surface area contributed by atoms with E-state index in [9.17, 15) is 0 Å². The van der Waals surface area contributed by atoms with E-state index in [2.05, 4.69) is 0 Å². The maximum Gasteiger partial charge on any atom is 0.540 e. The second kappa shape index (κ2) is 5.73. The van der Waals surface area contributed by atoms with Gasteiger partial charge in [-0.3, -0.25) is 0 Å². The topological polar surface area (TPSA) is 0 Å². The zero-order valence-electron chi connectivity index (χ0n) is 5.48. The van der Waals surface area contributed by atoms with Crippen molar-refractivity contribution in [2.75, 3.05) is 0 Å². The average molecular weight is 242 g/mol. The fraction of sp³-hybridized carbons (Fsp3) is 0. The van der Waals surface area contributed by atoms with E-state index >= 15 is 0 Å². The standard InChI is InChI=1S/C6H3Cl2.2ClH.Mg/c7-5-3-1-2-4-6(5)8;;;/h1-3H;2*1H;/q;;;+1/p-1. The maximum absolute atomic E-state index is 5.81. The Labute approximate surface area is 95.1 Å². The smallest absolute Gasteiger partial charge is 0.336 e. The Morgan fingerprint density at radius 2 is 1.82 bits per heavy atom. The van der Waals surface area contributed by atoms with E-state index < -0.39 is 19.3 Å². The zero-order valence-corrected chi connectivity index (χ0v) is 9.98. The van der Waals surface area contributed by atoms with Gasteiger partial charge in [-0.1, -0.05) is 35.3 Å². The van der Waals surface area contributed by atoms with Crippen LogP contribution in [0.15, 0.2) is 18.2 Å². The molecule has 0 aromatic heterocycles. The van der Waals surface area contributed by atoms with Crippen LogP contribution in [0.5, 0.6) is 0 Å². The molecule has 1 aromatic carbocycles. The van der Waals surface area contributed by atoms with Crippen molar-refractivity contribution in [3.05, 3.63) is 28.2 Å². The summed E-state index contributed by atoms with van der Waals surface area (Å²) >= 11 is 10.8. The summed E-state index contributed by atoms with van der Waals surface area (Å²) in [5, 5.41) is 1.21. The summed E-state index contributed by atoms with van der Waals surface area (Å²) in [4.78, 5) is 0. The fourth-order valence-corrected chi connectivity index (χ4v) is 2.69. The Bertz CT molecular complexity index is 238. The maximum atomic E-state index is 5.81. The van der Waals surface area contributed by atoms with E-state index in [0.717, 1.165) is 3.69 Å². The molecule has 0 spiro atoms. The monoisotopic (exact) mass is 240 g/mol. The molecule has 0 saturated heterocycles. The lowest BCUT2D eigenvalue weighted by molar-refractivity contribution is 1.76. The highest BCUT2D eigenvalue weighted by atomic mass is 35.5. The Balaban J connectivity index is 0.000001000. The van der Waals surface area contributed by atoms with E-state index in [4.69, 9.17) is 32.3 Å². The first kappa shape index (κ1) is 12.1. The van der Waals surface area contributed by atoms with Gasteiger partial charge in [0.05, 0.1) is 5.02 Å².